The molecule has 14 nitrogen and oxygen atoms in total. The summed E-state index contributed by atoms with van der Waals surface area (Å²) >= 11 is 1.43. The lowest BCUT2D eigenvalue weighted by atomic mass is 9.84. The Morgan fingerprint density at radius 3 is 1.85 bits per heavy atom. The van der Waals surface area contributed by atoms with Crippen molar-refractivity contribution in [3.63, 3.8) is 0 Å². The first-order valence-corrected chi connectivity index (χ1v) is 12.6. The summed E-state index contributed by atoms with van der Waals surface area (Å²) < 4.78 is 23.0. The van der Waals surface area contributed by atoms with Crippen LogP contribution in [-0.4, -0.2) is 136 Å². The van der Waals surface area contributed by atoms with E-state index in [0.29, 0.717) is 5.75 Å². The molecule has 2 aliphatic heterocycles. The molecule has 0 amide bonds. The van der Waals surface area contributed by atoms with Gasteiger partial charge in [-0.1, -0.05) is 0 Å². The third kappa shape index (κ3) is 5.69. The molecular weight excluding hydrogens is 474 g/mol. The third-order valence-corrected chi connectivity index (χ3v) is 7.37. The highest BCUT2D eigenvalue weighted by atomic mass is 32.2. The monoisotopic (exact) mass is 513 g/mol. The van der Waals surface area contributed by atoms with E-state index in [0.717, 1.165) is 0 Å². The van der Waals surface area contributed by atoms with Crippen LogP contribution in [0.3, 0.4) is 0 Å². The minimum absolute atomic E-state index is 0.0963. The van der Waals surface area contributed by atoms with Gasteiger partial charge in [-0.15, -0.1) is 0 Å². The minimum atomic E-state index is -1.40. The number of nitrogens with two attached hydrogens (primary N) is 5. The largest absolute Gasteiger partial charge is 0.389 e. The van der Waals surface area contributed by atoms with Crippen LogP contribution in [0.2, 0.25) is 0 Å². The molecule has 0 aromatic carbocycles. The molecule has 15 atom stereocenters. The molecule has 0 unspecified atom stereocenters. The van der Waals surface area contributed by atoms with E-state index in [4.69, 9.17) is 47.6 Å². The number of ether oxygens (including phenoxy) is 4. The Morgan fingerprint density at radius 1 is 0.735 bits per heavy atom. The lowest BCUT2D eigenvalue weighted by Crippen LogP contribution is -2.69. The van der Waals surface area contributed by atoms with Crippen LogP contribution in [-0.2, 0) is 18.9 Å². The van der Waals surface area contributed by atoms with E-state index in [1.54, 1.807) is 0 Å². The maximum Gasteiger partial charge on any atom is 0.186 e. The van der Waals surface area contributed by atoms with Crippen LogP contribution in [0.5, 0.6) is 0 Å². The number of aliphatic hydroxyl groups is 5. The molecule has 34 heavy (non-hydrogen) atoms. The summed E-state index contributed by atoms with van der Waals surface area (Å²) in [7, 11) is 0. The molecule has 3 aliphatic rings. The van der Waals surface area contributed by atoms with Crippen LogP contribution in [0.25, 0.3) is 0 Å². The summed E-state index contributed by atoms with van der Waals surface area (Å²) in [6.07, 6.45) is -10.8. The summed E-state index contributed by atoms with van der Waals surface area (Å²) in [6, 6.07) is -3.65. The molecule has 200 valence electrons. The first-order chi connectivity index (χ1) is 16.0. The summed E-state index contributed by atoms with van der Waals surface area (Å²) in [4.78, 5) is 0. The third-order valence-electron chi connectivity index (χ3n) is 6.71. The highest BCUT2D eigenvalue weighted by molar-refractivity contribution is 7.98. The van der Waals surface area contributed by atoms with Gasteiger partial charge in [0.2, 0.25) is 0 Å². The molecule has 3 fully saturated rings. The van der Waals surface area contributed by atoms with Gasteiger partial charge >= 0.3 is 0 Å². The summed E-state index contributed by atoms with van der Waals surface area (Å²) in [5.74, 6) is 0.407. The van der Waals surface area contributed by atoms with Crippen LogP contribution >= 0.6 is 11.8 Å². The lowest BCUT2D eigenvalue weighted by Gasteiger charge is -2.48. The minimum Gasteiger partial charge on any atom is -0.389 e. The van der Waals surface area contributed by atoms with Crippen molar-refractivity contribution in [3.05, 3.63) is 0 Å². The van der Waals surface area contributed by atoms with E-state index in [-0.39, 0.29) is 13.0 Å². The Morgan fingerprint density at radius 2 is 1.29 bits per heavy atom. The van der Waals surface area contributed by atoms with Crippen molar-refractivity contribution < 1.29 is 44.5 Å². The summed E-state index contributed by atoms with van der Waals surface area (Å²) in [6.45, 7) is -0.0963. The standard InChI is InChI=1S/C19H39N5O9S/c1-34-4-8-11(25)9(23)14(28)19(31-8)33-17-6(22)2-5(21)16(15(17)29)32-18-10(24)13(27)12(26)7(3-20)30-18/h5-19,25-29H,2-4,20-24H2,1H3/t5-,6+,7+,8+,9-,10+,11+,12+,13+,14+,15-,16+,17-,18+,19+/m0/s1. The zero-order valence-corrected chi connectivity index (χ0v) is 19.8. The molecule has 0 radical (unpaired) electrons. The fourth-order valence-electron chi connectivity index (χ4n) is 4.60. The molecule has 0 spiro atoms. The van der Waals surface area contributed by atoms with Crippen molar-refractivity contribution in [2.75, 3.05) is 18.6 Å². The van der Waals surface area contributed by atoms with Crippen LogP contribution in [0.15, 0.2) is 0 Å². The zero-order valence-electron chi connectivity index (χ0n) is 18.9. The zero-order chi connectivity index (χ0) is 25.3. The predicted molar refractivity (Wildman–Crippen MR) is 121 cm³/mol. The maximum absolute atomic E-state index is 11.1. The van der Waals surface area contributed by atoms with Gasteiger partial charge in [-0.3, -0.25) is 0 Å². The van der Waals surface area contributed by atoms with E-state index in [2.05, 4.69) is 0 Å². The summed E-state index contributed by atoms with van der Waals surface area (Å²) in [5, 5.41) is 52.1. The average molecular weight is 514 g/mol. The van der Waals surface area contributed by atoms with E-state index in [1.165, 1.54) is 11.8 Å². The first-order valence-electron chi connectivity index (χ1n) is 11.2. The van der Waals surface area contributed by atoms with E-state index in [1.807, 2.05) is 6.26 Å². The van der Waals surface area contributed by atoms with Gasteiger partial charge in [-0.05, 0) is 12.7 Å². The van der Waals surface area contributed by atoms with Gasteiger partial charge in [-0.25, -0.2) is 0 Å². The molecule has 0 bridgehead atoms. The van der Waals surface area contributed by atoms with Crippen molar-refractivity contribution >= 4 is 11.8 Å². The Labute approximate surface area is 202 Å². The first kappa shape index (κ1) is 28.4. The second-order valence-corrected chi connectivity index (χ2v) is 10.1. The number of hydrogen-bond acceptors (Lipinski definition) is 15. The molecule has 15 heteroatoms. The number of aliphatic hydroxyl groups excluding tert-OH is 5. The Balaban J connectivity index is 1.72. The maximum atomic E-state index is 11.1. The van der Waals surface area contributed by atoms with Crippen molar-refractivity contribution in [2.24, 2.45) is 28.7 Å². The quantitative estimate of drug-likeness (QED) is 0.152. The Kier molecular flexibility index (Phi) is 9.92. The Bertz CT molecular complexity index is 657. The van der Waals surface area contributed by atoms with Crippen LogP contribution in [0.4, 0.5) is 0 Å². The summed E-state index contributed by atoms with van der Waals surface area (Å²) in [5.41, 5.74) is 29.9. The fraction of sp³-hybridized carbons (Fsp3) is 1.00. The topological polar surface area (TPSA) is 268 Å². The van der Waals surface area contributed by atoms with E-state index >= 15 is 0 Å². The van der Waals surface area contributed by atoms with E-state index < -0.39 is 91.7 Å². The smallest absolute Gasteiger partial charge is 0.186 e. The highest BCUT2D eigenvalue weighted by Gasteiger charge is 2.51. The average Bonchev–Trinajstić information content (AvgIpc) is 2.80. The molecule has 3 rings (SSSR count). The molecule has 0 aromatic rings. The second kappa shape index (κ2) is 11.9. The highest BCUT2D eigenvalue weighted by Crippen LogP contribution is 2.31. The van der Waals surface area contributed by atoms with Gasteiger partial charge in [-0.2, -0.15) is 11.8 Å². The fourth-order valence-corrected chi connectivity index (χ4v) is 5.20. The number of thioether (sulfide) groups is 1. The van der Waals surface area contributed by atoms with Gasteiger partial charge < -0.3 is 73.1 Å². The van der Waals surface area contributed by atoms with Crippen molar-refractivity contribution in [3.8, 4) is 0 Å². The Hall–Kier alpha value is -0.210. The van der Waals surface area contributed by atoms with E-state index in [9.17, 15) is 25.5 Å². The van der Waals surface area contributed by atoms with Gasteiger partial charge in [0.05, 0.1) is 24.3 Å². The van der Waals surface area contributed by atoms with Crippen molar-refractivity contribution in [2.45, 2.75) is 98.1 Å². The molecule has 0 aromatic heterocycles. The molecular formula is C19H39N5O9S. The molecule has 15 N–H and O–H groups in total. The number of rotatable bonds is 7. The predicted octanol–water partition coefficient (Wildman–Crippen LogP) is -5.95. The number of hydrogen-bond donors (Lipinski definition) is 10. The van der Waals surface area contributed by atoms with Gasteiger partial charge in [0.15, 0.2) is 12.6 Å². The lowest BCUT2D eigenvalue weighted by molar-refractivity contribution is -0.314. The SMILES string of the molecule is CSC[C@H]1O[C@H](O[C@@H]2[C@@H](O)[C@H](O[C@H]3O[C@H](CN)[C@@H](O)[C@H](O)[C@H]3N)[C@@H](N)C[C@H]2N)[C@H](O)[C@@H](N)[C@@H]1O. The molecule has 2 heterocycles. The second-order valence-electron chi connectivity index (χ2n) is 9.15. The van der Waals surface area contributed by atoms with Gasteiger partial charge in [0.1, 0.15) is 42.7 Å². The molecule has 1 saturated carbocycles. The van der Waals surface area contributed by atoms with Crippen LogP contribution in [0.1, 0.15) is 6.42 Å². The van der Waals surface area contributed by atoms with Gasteiger partial charge in [0, 0.05) is 24.4 Å². The van der Waals surface area contributed by atoms with Crippen LogP contribution in [0, 0.1) is 0 Å². The van der Waals surface area contributed by atoms with Gasteiger partial charge in [0.25, 0.3) is 0 Å². The van der Waals surface area contributed by atoms with Crippen molar-refractivity contribution in [1.82, 2.24) is 0 Å². The molecule has 1 aliphatic carbocycles. The molecule has 2 saturated heterocycles. The van der Waals surface area contributed by atoms with Crippen molar-refractivity contribution in [1.29, 1.82) is 0 Å². The normalized spacial score (nSPS) is 52.5. The van der Waals surface area contributed by atoms with Crippen LogP contribution < -0.4 is 28.7 Å².